The van der Waals surface area contributed by atoms with Crippen LogP contribution in [0.25, 0.3) is 0 Å². The molecule has 0 aromatic heterocycles. The summed E-state index contributed by atoms with van der Waals surface area (Å²) in [6.07, 6.45) is 3.23. The van der Waals surface area contributed by atoms with Gasteiger partial charge in [0.2, 0.25) is 0 Å². The van der Waals surface area contributed by atoms with E-state index in [-0.39, 0.29) is 12.5 Å². The molecule has 1 aliphatic rings. The fraction of sp³-hybridized carbons (Fsp3) is 0.533. The van der Waals surface area contributed by atoms with Crippen molar-refractivity contribution in [3.63, 3.8) is 0 Å². The van der Waals surface area contributed by atoms with Gasteiger partial charge in [-0.05, 0) is 50.1 Å². The number of likely N-dealkylation sites (tertiary alicyclic amines) is 1. The Balaban J connectivity index is 1.67. The maximum absolute atomic E-state index is 10.8. The molecule has 0 saturated carbocycles. The van der Waals surface area contributed by atoms with Crippen LogP contribution in [0.4, 0.5) is 0 Å². The normalized spacial score (nSPS) is 19.1. The summed E-state index contributed by atoms with van der Waals surface area (Å²) < 4.78 is 5.64. The second-order valence-electron chi connectivity index (χ2n) is 5.09. The van der Waals surface area contributed by atoms with Gasteiger partial charge in [0.15, 0.2) is 0 Å². The predicted octanol–water partition coefficient (Wildman–Crippen LogP) is 3.05. The van der Waals surface area contributed by atoms with Gasteiger partial charge in [-0.25, -0.2) is 0 Å². The molecule has 0 amide bonds. The van der Waals surface area contributed by atoms with Gasteiger partial charge in [-0.1, -0.05) is 11.6 Å². The third-order valence-electron chi connectivity index (χ3n) is 3.58. The van der Waals surface area contributed by atoms with E-state index in [2.05, 4.69) is 4.90 Å². The lowest BCUT2D eigenvalue weighted by molar-refractivity contribution is -0.138. The van der Waals surface area contributed by atoms with Crippen molar-refractivity contribution in [2.24, 2.45) is 0 Å². The molecule has 1 aromatic carbocycles. The molecule has 1 atom stereocenters. The van der Waals surface area contributed by atoms with Crippen LogP contribution < -0.4 is 4.74 Å². The van der Waals surface area contributed by atoms with Crippen LogP contribution in [0.3, 0.4) is 0 Å². The Morgan fingerprint density at radius 2 is 2.15 bits per heavy atom. The van der Waals surface area contributed by atoms with Crippen molar-refractivity contribution >= 4 is 17.6 Å². The second kappa shape index (κ2) is 7.50. The molecular weight excluding hydrogens is 278 g/mol. The number of carboxylic acids is 1. The number of hydrogen-bond acceptors (Lipinski definition) is 3. The highest BCUT2D eigenvalue weighted by Crippen LogP contribution is 2.20. The molecule has 5 heteroatoms. The van der Waals surface area contributed by atoms with Gasteiger partial charge in [-0.15, -0.1) is 0 Å². The molecule has 1 N–H and O–H groups in total. The van der Waals surface area contributed by atoms with Gasteiger partial charge in [0.05, 0.1) is 13.0 Å². The average molecular weight is 298 g/mol. The van der Waals surface area contributed by atoms with Crippen LogP contribution in [0.15, 0.2) is 24.3 Å². The van der Waals surface area contributed by atoms with Crippen molar-refractivity contribution in [2.45, 2.75) is 31.7 Å². The second-order valence-corrected chi connectivity index (χ2v) is 5.52. The first kappa shape index (κ1) is 15.1. The monoisotopic (exact) mass is 297 g/mol. The van der Waals surface area contributed by atoms with Gasteiger partial charge >= 0.3 is 5.97 Å². The fourth-order valence-corrected chi connectivity index (χ4v) is 2.74. The molecule has 0 aliphatic carbocycles. The first-order valence-electron chi connectivity index (χ1n) is 6.99. The van der Waals surface area contributed by atoms with Gasteiger partial charge in [0, 0.05) is 17.6 Å². The van der Waals surface area contributed by atoms with E-state index >= 15 is 0 Å². The molecule has 1 unspecified atom stereocenters. The van der Waals surface area contributed by atoms with Crippen molar-refractivity contribution in [1.29, 1.82) is 0 Å². The summed E-state index contributed by atoms with van der Waals surface area (Å²) in [6.45, 7) is 2.53. The fourth-order valence-electron chi connectivity index (χ4n) is 2.61. The quantitative estimate of drug-likeness (QED) is 0.786. The van der Waals surface area contributed by atoms with Gasteiger partial charge < -0.3 is 9.84 Å². The van der Waals surface area contributed by atoms with E-state index in [1.54, 1.807) is 12.1 Å². The Hall–Kier alpha value is -1.26. The highest BCUT2D eigenvalue weighted by Gasteiger charge is 2.25. The maximum atomic E-state index is 10.8. The lowest BCUT2D eigenvalue weighted by Gasteiger charge is -2.22. The Morgan fingerprint density at radius 1 is 1.40 bits per heavy atom. The number of rotatable bonds is 7. The molecule has 1 heterocycles. The minimum Gasteiger partial charge on any atom is -0.494 e. The zero-order valence-corrected chi connectivity index (χ0v) is 12.2. The van der Waals surface area contributed by atoms with E-state index in [1.807, 2.05) is 12.1 Å². The van der Waals surface area contributed by atoms with E-state index in [4.69, 9.17) is 21.4 Å². The highest BCUT2D eigenvalue weighted by atomic mass is 35.5. The van der Waals surface area contributed by atoms with Crippen LogP contribution in [0.1, 0.15) is 25.7 Å². The number of carbonyl (C=O) groups is 1. The molecule has 0 spiro atoms. The van der Waals surface area contributed by atoms with Gasteiger partial charge in [-0.2, -0.15) is 0 Å². The van der Waals surface area contributed by atoms with E-state index in [0.717, 1.165) is 38.1 Å². The molecule has 4 nitrogen and oxygen atoms in total. The third-order valence-corrected chi connectivity index (χ3v) is 3.83. The van der Waals surface area contributed by atoms with E-state index < -0.39 is 5.97 Å². The number of benzene rings is 1. The van der Waals surface area contributed by atoms with Crippen molar-refractivity contribution in [3.05, 3.63) is 29.3 Å². The number of ether oxygens (including phenoxy) is 1. The lowest BCUT2D eigenvalue weighted by Crippen LogP contribution is -2.32. The van der Waals surface area contributed by atoms with Crippen LogP contribution in [0.5, 0.6) is 5.75 Å². The molecule has 1 saturated heterocycles. The highest BCUT2D eigenvalue weighted by molar-refractivity contribution is 6.30. The standard InChI is InChI=1S/C15H20ClNO3/c16-12-4-6-14(7-5-12)20-10-2-9-17-8-1-3-13(17)11-15(18)19/h4-7,13H,1-3,8-11H2,(H,18,19). The van der Waals surface area contributed by atoms with Crippen LogP contribution in [0.2, 0.25) is 5.02 Å². The van der Waals surface area contributed by atoms with Crippen LogP contribution in [-0.2, 0) is 4.79 Å². The minimum absolute atomic E-state index is 0.197. The molecular formula is C15H20ClNO3. The van der Waals surface area contributed by atoms with Crippen molar-refractivity contribution in [3.8, 4) is 5.75 Å². The summed E-state index contributed by atoms with van der Waals surface area (Å²) in [4.78, 5) is 13.0. The Morgan fingerprint density at radius 3 is 2.85 bits per heavy atom. The summed E-state index contributed by atoms with van der Waals surface area (Å²) in [5.74, 6) is 0.109. The SMILES string of the molecule is O=C(O)CC1CCCN1CCCOc1ccc(Cl)cc1. The summed E-state index contributed by atoms with van der Waals surface area (Å²) >= 11 is 5.81. The summed E-state index contributed by atoms with van der Waals surface area (Å²) in [7, 11) is 0. The van der Waals surface area contributed by atoms with E-state index in [1.165, 1.54) is 0 Å². The smallest absolute Gasteiger partial charge is 0.304 e. The molecule has 20 heavy (non-hydrogen) atoms. The zero-order valence-electron chi connectivity index (χ0n) is 11.4. The average Bonchev–Trinajstić information content (AvgIpc) is 2.83. The Bertz CT molecular complexity index is 435. The van der Waals surface area contributed by atoms with Crippen LogP contribution >= 0.6 is 11.6 Å². The molecule has 1 aliphatic heterocycles. The lowest BCUT2D eigenvalue weighted by atomic mass is 10.1. The Kier molecular flexibility index (Phi) is 5.68. The van der Waals surface area contributed by atoms with Crippen LogP contribution in [0, 0.1) is 0 Å². The molecule has 0 radical (unpaired) electrons. The first-order valence-corrected chi connectivity index (χ1v) is 7.37. The number of halogens is 1. The van der Waals surface area contributed by atoms with Gasteiger partial charge in [0.1, 0.15) is 5.75 Å². The van der Waals surface area contributed by atoms with Crippen molar-refractivity contribution < 1.29 is 14.6 Å². The number of aliphatic carboxylic acids is 1. The molecule has 1 aromatic rings. The summed E-state index contributed by atoms with van der Waals surface area (Å²) in [6, 6.07) is 7.51. The molecule has 2 rings (SSSR count). The first-order chi connectivity index (χ1) is 9.65. The predicted molar refractivity (Wildman–Crippen MR) is 78.4 cm³/mol. The van der Waals surface area contributed by atoms with Crippen molar-refractivity contribution in [2.75, 3.05) is 19.7 Å². The largest absolute Gasteiger partial charge is 0.494 e. The van der Waals surface area contributed by atoms with Gasteiger partial charge in [0.25, 0.3) is 0 Å². The molecule has 110 valence electrons. The molecule has 0 bridgehead atoms. The minimum atomic E-state index is -0.709. The number of carboxylic acid groups (broad SMARTS) is 1. The molecule has 1 fully saturated rings. The summed E-state index contributed by atoms with van der Waals surface area (Å²) in [5.41, 5.74) is 0. The van der Waals surface area contributed by atoms with E-state index in [9.17, 15) is 4.79 Å². The third kappa shape index (κ3) is 4.69. The topological polar surface area (TPSA) is 49.8 Å². The van der Waals surface area contributed by atoms with Crippen molar-refractivity contribution in [1.82, 2.24) is 4.90 Å². The van der Waals surface area contributed by atoms with Gasteiger partial charge in [-0.3, -0.25) is 9.69 Å². The zero-order chi connectivity index (χ0) is 14.4. The summed E-state index contributed by atoms with van der Waals surface area (Å²) in [5, 5.41) is 9.57. The maximum Gasteiger partial charge on any atom is 0.304 e. The van der Waals surface area contributed by atoms with E-state index in [0.29, 0.717) is 11.6 Å². The van der Waals surface area contributed by atoms with Crippen LogP contribution in [-0.4, -0.2) is 41.7 Å². The number of nitrogens with zero attached hydrogens (tertiary/aromatic N) is 1. The Labute approximate surface area is 124 Å². The number of hydrogen-bond donors (Lipinski definition) is 1.